The van der Waals surface area contributed by atoms with Gasteiger partial charge in [0.2, 0.25) is 0 Å². The third-order valence-electron chi connectivity index (χ3n) is 4.58. The summed E-state index contributed by atoms with van der Waals surface area (Å²) in [5.74, 6) is -7.39. The normalized spacial score (nSPS) is 22.6. The summed E-state index contributed by atoms with van der Waals surface area (Å²) < 4.78 is 97.1. The van der Waals surface area contributed by atoms with E-state index in [0.717, 1.165) is 13.0 Å². The van der Waals surface area contributed by atoms with Crippen molar-refractivity contribution in [3.63, 3.8) is 0 Å². The summed E-state index contributed by atoms with van der Waals surface area (Å²) in [4.78, 5) is 12.0. The highest BCUT2D eigenvalue weighted by atomic mass is 35.5. The molecule has 1 aromatic rings. The Morgan fingerprint density at radius 3 is 2.22 bits per heavy atom. The molecule has 0 spiro atoms. The molecule has 1 aliphatic rings. The highest BCUT2D eigenvalue weighted by Crippen LogP contribution is 2.61. The maximum Gasteiger partial charge on any atom is 0.431 e. The zero-order valence-electron chi connectivity index (χ0n) is 14.2. The van der Waals surface area contributed by atoms with Crippen molar-refractivity contribution in [3.05, 3.63) is 46.0 Å². The Balaban J connectivity index is 2.23. The number of hydrogen-bond acceptors (Lipinski definition) is 2. The van der Waals surface area contributed by atoms with Crippen LogP contribution < -0.4 is 0 Å². The van der Waals surface area contributed by atoms with Gasteiger partial charge in [0, 0.05) is 0 Å². The van der Waals surface area contributed by atoms with Crippen molar-refractivity contribution in [2.75, 3.05) is 0 Å². The van der Waals surface area contributed by atoms with Gasteiger partial charge in [-0.2, -0.15) is 22.0 Å². The number of allylic oxidation sites excluding steroid dienone is 2. The molecule has 0 aromatic heterocycles. The van der Waals surface area contributed by atoms with Gasteiger partial charge in [0.15, 0.2) is 11.6 Å². The number of carbonyl (C=O) groups is 1. The quantitative estimate of drug-likeness (QED) is 0.455. The molecule has 1 aromatic carbocycles. The van der Waals surface area contributed by atoms with Crippen molar-refractivity contribution in [3.8, 4) is 0 Å². The standard InChI is InChI=1S/C17H14ClF7O2/c1-7-4-5-8(13(20)12(7)19)17(24,25)27-14(26)11-9(15(11,2)3)6-10(18)16(21,22)23/h4-6,9,11H,1-3H3. The van der Waals surface area contributed by atoms with Crippen LogP contribution in [0.3, 0.4) is 0 Å². The lowest BCUT2D eigenvalue weighted by Gasteiger charge is -2.18. The average molecular weight is 419 g/mol. The number of rotatable bonds is 4. The highest BCUT2D eigenvalue weighted by Gasteiger charge is 2.63. The number of alkyl halides is 5. The van der Waals surface area contributed by atoms with Gasteiger partial charge >= 0.3 is 18.3 Å². The summed E-state index contributed by atoms with van der Waals surface area (Å²) in [7, 11) is 0. The van der Waals surface area contributed by atoms with Gasteiger partial charge in [-0.3, -0.25) is 4.79 Å². The lowest BCUT2D eigenvalue weighted by Crippen LogP contribution is -2.26. The third kappa shape index (κ3) is 4.07. The molecular formula is C17H14ClF7O2. The second-order valence-corrected chi connectivity index (χ2v) is 7.24. The van der Waals surface area contributed by atoms with E-state index in [1.807, 2.05) is 0 Å². The summed E-state index contributed by atoms with van der Waals surface area (Å²) >= 11 is 5.12. The molecule has 2 rings (SSSR count). The number of esters is 1. The molecule has 0 amide bonds. The minimum absolute atomic E-state index is 0.228. The first-order chi connectivity index (χ1) is 12.1. The Morgan fingerprint density at radius 2 is 1.70 bits per heavy atom. The number of aryl methyl sites for hydroxylation is 1. The van der Waals surface area contributed by atoms with Gasteiger partial charge in [0.1, 0.15) is 10.6 Å². The topological polar surface area (TPSA) is 26.3 Å². The Labute approximate surface area is 154 Å². The minimum Gasteiger partial charge on any atom is -0.397 e. The van der Waals surface area contributed by atoms with E-state index in [1.165, 1.54) is 13.8 Å². The summed E-state index contributed by atoms with van der Waals surface area (Å²) in [6, 6.07) is 1.45. The molecule has 2 unspecified atom stereocenters. The maximum atomic E-state index is 14.1. The fraction of sp³-hybridized carbons (Fsp3) is 0.471. The molecule has 0 radical (unpaired) electrons. The molecule has 1 fully saturated rings. The summed E-state index contributed by atoms with van der Waals surface area (Å²) in [5.41, 5.74) is -2.85. The Kier molecular flexibility index (Phi) is 5.33. The molecule has 150 valence electrons. The van der Waals surface area contributed by atoms with E-state index < -0.39 is 57.7 Å². The molecule has 1 saturated carbocycles. The molecule has 10 heteroatoms. The van der Waals surface area contributed by atoms with Crippen LogP contribution in [0.25, 0.3) is 0 Å². The lowest BCUT2D eigenvalue weighted by molar-refractivity contribution is -0.243. The first kappa shape index (κ1) is 21.5. The van der Waals surface area contributed by atoms with Gasteiger partial charge in [-0.05, 0) is 29.9 Å². The van der Waals surface area contributed by atoms with Crippen LogP contribution in [0.1, 0.15) is 25.0 Å². The smallest absolute Gasteiger partial charge is 0.397 e. The van der Waals surface area contributed by atoms with E-state index in [4.69, 9.17) is 11.6 Å². The molecule has 0 bridgehead atoms. The van der Waals surface area contributed by atoms with E-state index in [2.05, 4.69) is 4.74 Å². The van der Waals surface area contributed by atoms with E-state index in [0.29, 0.717) is 12.1 Å². The molecule has 0 heterocycles. The Morgan fingerprint density at radius 1 is 1.15 bits per heavy atom. The van der Waals surface area contributed by atoms with Gasteiger partial charge in [0.05, 0.1) is 5.92 Å². The van der Waals surface area contributed by atoms with Gasteiger partial charge in [-0.1, -0.05) is 37.6 Å². The van der Waals surface area contributed by atoms with Crippen LogP contribution in [0.15, 0.2) is 23.2 Å². The van der Waals surface area contributed by atoms with Crippen molar-refractivity contribution in [1.29, 1.82) is 0 Å². The number of carbonyl (C=O) groups excluding carboxylic acids is 1. The molecule has 2 atom stereocenters. The van der Waals surface area contributed by atoms with Crippen LogP contribution in [-0.4, -0.2) is 12.1 Å². The van der Waals surface area contributed by atoms with Crippen LogP contribution in [0.4, 0.5) is 30.7 Å². The predicted molar refractivity (Wildman–Crippen MR) is 81.8 cm³/mol. The lowest BCUT2D eigenvalue weighted by atomic mass is 10.1. The Bertz CT molecular complexity index is 799. The van der Waals surface area contributed by atoms with Crippen molar-refractivity contribution in [2.45, 2.75) is 33.1 Å². The molecule has 0 N–H and O–H groups in total. The number of hydrogen-bond donors (Lipinski definition) is 0. The van der Waals surface area contributed by atoms with Crippen molar-refractivity contribution < 1.29 is 40.3 Å². The fourth-order valence-corrected chi connectivity index (χ4v) is 2.94. The molecule has 0 aliphatic heterocycles. The van der Waals surface area contributed by atoms with E-state index in [9.17, 15) is 35.5 Å². The molecule has 1 aliphatic carbocycles. The van der Waals surface area contributed by atoms with Crippen molar-refractivity contribution >= 4 is 17.6 Å². The number of benzene rings is 1. The summed E-state index contributed by atoms with van der Waals surface area (Å²) in [6.45, 7) is 3.89. The van der Waals surface area contributed by atoms with Crippen molar-refractivity contribution in [1.82, 2.24) is 0 Å². The second kappa shape index (κ2) is 6.68. The van der Waals surface area contributed by atoms with E-state index in [-0.39, 0.29) is 5.56 Å². The zero-order chi connectivity index (χ0) is 20.9. The molecule has 0 saturated heterocycles. The molecular weight excluding hydrogens is 405 g/mol. The second-order valence-electron chi connectivity index (χ2n) is 6.83. The third-order valence-corrected chi connectivity index (χ3v) is 4.92. The fourth-order valence-electron chi connectivity index (χ4n) is 2.81. The maximum absolute atomic E-state index is 14.1. The van der Waals surface area contributed by atoms with Gasteiger partial charge in [-0.25, -0.2) is 8.78 Å². The minimum atomic E-state index is -4.85. The van der Waals surface area contributed by atoms with Gasteiger partial charge in [-0.15, -0.1) is 0 Å². The van der Waals surface area contributed by atoms with Crippen molar-refractivity contribution in [2.24, 2.45) is 17.3 Å². The van der Waals surface area contributed by atoms with Crippen LogP contribution in [0.5, 0.6) is 0 Å². The molecule has 27 heavy (non-hydrogen) atoms. The summed E-state index contributed by atoms with van der Waals surface area (Å²) in [5, 5.41) is -1.49. The molecule has 2 nitrogen and oxygen atoms in total. The van der Waals surface area contributed by atoms with E-state index >= 15 is 0 Å². The first-order valence-corrected chi connectivity index (χ1v) is 7.98. The highest BCUT2D eigenvalue weighted by molar-refractivity contribution is 6.30. The first-order valence-electron chi connectivity index (χ1n) is 7.61. The van der Waals surface area contributed by atoms with Crippen LogP contribution in [0, 0.1) is 35.8 Å². The summed E-state index contributed by atoms with van der Waals surface area (Å²) in [6.07, 6.45) is -8.80. The SMILES string of the molecule is Cc1ccc(C(F)(F)OC(=O)C2C(C=C(Cl)C(F)(F)F)C2(C)C)c(F)c1F. The predicted octanol–water partition coefficient (Wildman–Crippen LogP) is 5.82. The average Bonchev–Trinajstić information content (AvgIpc) is 3.04. The van der Waals surface area contributed by atoms with E-state index in [1.54, 1.807) is 0 Å². The van der Waals surface area contributed by atoms with Gasteiger partial charge in [0.25, 0.3) is 0 Å². The van der Waals surface area contributed by atoms with Crippen LogP contribution >= 0.6 is 11.6 Å². The zero-order valence-corrected chi connectivity index (χ0v) is 15.0. The largest absolute Gasteiger partial charge is 0.431 e. The number of halogens is 8. The Hall–Kier alpha value is -1.77. The van der Waals surface area contributed by atoms with Crippen LogP contribution in [0.2, 0.25) is 0 Å². The number of ether oxygens (including phenoxy) is 1. The van der Waals surface area contributed by atoms with Crippen LogP contribution in [-0.2, 0) is 15.6 Å². The van der Waals surface area contributed by atoms with Gasteiger partial charge < -0.3 is 4.74 Å². The monoisotopic (exact) mass is 418 g/mol.